The lowest BCUT2D eigenvalue weighted by atomic mass is 10.1. The van der Waals surface area contributed by atoms with E-state index in [1.165, 1.54) is 11.3 Å². The second kappa shape index (κ2) is 7.53. The van der Waals surface area contributed by atoms with Gasteiger partial charge in [-0.2, -0.15) is 0 Å². The fraction of sp³-hybridized carbons (Fsp3) is 0.0500. The van der Waals surface area contributed by atoms with Crippen LogP contribution in [0.1, 0.15) is 9.67 Å². The molecule has 2 aromatic carbocycles. The fourth-order valence-corrected chi connectivity index (χ4v) is 3.25. The number of amides is 1. The highest BCUT2D eigenvalue weighted by Crippen LogP contribution is 2.34. The third-order valence-corrected chi connectivity index (χ3v) is 4.73. The van der Waals surface area contributed by atoms with Crippen LogP contribution in [0.4, 0.5) is 5.69 Å². The van der Waals surface area contributed by atoms with Crippen LogP contribution in [-0.4, -0.2) is 28.6 Å². The Kier molecular flexibility index (Phi) is 4.77. The molecule has 0 aliphatic heterocycles. The summed E-state index contributed by atoms with van der Waals surface area (Å²) < 4.78 is 11.2. The van der Waals surface area contributed by atoms with Gasteiger partial charge in [0.2, 0.25) is 5.89 Å². The number of benzene rings is 2. The SMILES string of the molecule is O=C(O)COc1ccc(NC(=O)c2cccs2)cc1-c1nc2ccccc2o1. The van der Waals surface area contributed by atoms with Crippen LogP contribution in [0.5, 0.6) is 5.75 Å². The largest absolute Gasteiger partial charge is 0.481 e. The number of nitrogens with one attached hydrogen (secondary N) is 1. The van der Waals surface area contributed by atoms with Crippen LogP contribution in [0.25, 0.3) is 22.6 Å². The molecule has 28 heavy (non-hydrogen) atoms. The van der Waals surface area contributed by atoms with E-state index in [0.717, 1.165) is 0 Å². The highest BCUT2D eigenvalue weighted by Gasteiger charge is 2.17. The van der Waals surface area contributed by atoms with Crippen molar-refractivity contribution in [3.8, 4) is 17.2 Å². The molecule has 0 saturated heterocycles. The van der Waals surface area contributed by atoms with Gasteiger partial charge in [-0.05, 0) is 41.8 Å². The number of carboxylic acid groups (broad SMARTS) is 1. The first-order valence-corrected chi connectivity index (χ1v) is 9.17. The van der Waals surface area contributed by atoms with E-state index < -0.39 is 12.6 Å². The Morgan fingerprint density at radius 1 is 1.14 bits per heavy atom. The first kappa shape index (κ1) is 17.7. The number of fused-ring (bicyclic) bond motifs is 1. The molecule has 2 heterocycles. The molecule has 4 aromatic rings. The summed E-state index contributed by atoms with van der Waals surface area (Å²) in [6.07, 6.45) is 0. The van der Waals surface area contributed by atoms with Crippen LogP contribution >= 0.6 is 11.3 Å². The van der Waals surface area contributed by atoms with Gasteiger partial charge in [-0.3, -0.25) is 4.79 Å². The van der Waals surface area contributed by atoms with Crippen molar-refractivity contribution in [2.24, 2.45) is 0 Å². The summed E-state index contributed by atoms with van der Waals surface area (Å²) in [5.41, 5.74) is 2.21. The minimum absolute atomic E-state index is 0.238. The summed E-state index contributed by atoms with van der Waals surface area (Å²) in [6, 6.07) is 15.6. The molecule has 2 N–H and O–H groups in total. The highest BCUT2D eigenvalue weighted by molar-refractivity contribution is 7.12. The maximum atomic E-state index is 12.3. The topological polar surface area (TPSA) is 102 Å². The van der Waals surface area contributed by atoms with Crippen molar-refractivity contribution in [2.75, 3.05) is 11.9 Å². The summed E-state index contributed by atoms with van der Waals surface area (Å²) in [7, 11) is 0. The number of thiophene rings is 1. The molecule has 0 unspecified atom stereocenters. The average molecular weight is 394 g/mol. The molecule has 0 saturated carbocycles. The maximum Gasteiger partial charge on any atom is 0.341 e. The van der Waals surface area contributed by atoms with Gasteiger partial charge in [-0.25, -0.2) is 9.78 Å². The number of hydrogen-bond acceptors (Lipinski definition) is 6. The zero-order chi connectivity index (χ0) is 19.5. The Bertz CT molecular complexity index is 1120. The molecule has 0 spiro atoms. The van der Waals surface area contributed by atoms with Gasteiger partial charge in [0.05, 0.1) is 10.4 Å². The molecule has 8 heteroatoms. The van der Waals surface area contributed by atoms with Crippen molar-refractivity contribution in [2.45, 2.75) is 0 Å². The predicted octanol–water partition coefficient (Wildman–Crippen LogP) is 4.27. The molecule has 0 atom stereocenters. The van der Waals surface area contributed by atoms with Crippen LogP contribution < -0.4 is 10.1 Å². The zero-order valence-corrected chi connectivity index (χ0v) is 15.2. The summed E-state index contributed by atoms with van der Waals surface area (Å²) in [5, 5.41) is 13.5. The standard InChI is InChI=1S/C20H14N2O5S/c23-18(24)11-26-15-8-7-12(21-19(25)17-6-3-9-28-17)10-13(15)20-22-14-4-1-2-5-16(14)27-20/h1-10H,11H2,(H,21,25)(H,23,24). The van der Waals surface area contributed by atoms with E-state index in [1.54, 1.807) is 36.4 Å². The van der Waals surface area contributed by atoms with Gasteiger partial charge in [-0.1, -0.05) is 18.2 Å². The monoisotopic (exact) mass is 394 g/mol. The molecule has 4 rings (SSSR count). The van der Waals surface area contributed by atoms with E-state index in [9.17, 15) is 9.59 Å². The molecule has 0 aliphatic carbocycles. The number of aliphatic carboxylic acids is 1. The second-order valence-electron chi connectivity index (χ2n) is 5.81. The number of carbonyl (C=O) groups excluding carboxylic acids is 1. The number of rotatable bonds is 6. The number of nitrogens with zero attached hydrogens (tertiary/aromatic N) is 1. The lowest BCUT2D eigenvalue weighted by Crippen LogP contribution is -2.12. The molecular formula is C20H14N2O5S. The number of anilines is 1. The van der Waals surface area contributed by atoms with E-state index in [1.807, 2.05) is 23.6 Å². The number of hydrogen-bond donors (Lipinski definition) is 2. The molecular weight excluding hydrogens is 380 g/mol. The van der Waals surface area contributed by atoms with Crippen LogP contribution in [0, 0.1) is 0 Å². The molecule has 0 radical (unpaired) electrons. The van der Waals surface area contributed by atoms with Crippen molar-refractivity contribution in [1.82, 2.24) is 4.98 Å². The number of oxazole rings is 1. The van der Waals surface area contributed by atoms with Crippen LogP contribution in [-0.2, 0) is 4.79 Å². The minimum Gasteiger partial charge on any atom is -0.481 e. The summed E-state index contributed by atoms with van der Waals surface area (Å²) in [4.78, 5) is 28.2. The normalized spacial score (nSPS) is 10.7. The third kappa shape index (κ3) is 3.72. The van der Waals surface area contributed by atoms with Crippen molar-refractivity contribution < 1.29 is 23.8 Å². The van der Waals surface area contributed by atoms with E-state index >= 15 is 0 Å². The molecule has 0 fully saturated rings. The average Bonchev–Trinajstić information content (AvgIpc) is 3.36. The Labute approximate surface area is 163 Å². The van der Waals surface area contributed by atoms with Gasteiger partial charge in [-0.15, -0.1) is 11.3 Å². The lowest BCUT2D eigenvalue weighted by Gasteiger charge is -2.10. The number of para-hydroxylation sites is 2. The molecule has 0 aliphatic rings. The van der Waals surface area contributed by atoms with Gasteiger partial charge in [0.15, 0.2) is 12.2 Å². The quantitative estimate of drug-likeness (QED) is 0.506. The van der Waals surface area contributed by atoms with Crippen LogP contribution in [0.15, 0.2) is 64.4 Å². The molecule has 0 bridgehead atoms. The molecule has 2 aromatic heterocycles. The first-order chi connectivity index (χ1) is 13.6. The smallest absolute Gasteiger partial charge is 0.341 e. The maximum absolute atomic E-state index is 12.3. The second-order valence-corrected chi connectivity index (χ2v) is 6.76. The van der Waals surface area contributed by atoms with Crippen molar-refractivity contribution in [1.29, 1.82) is 0 Å². The summed E-state index contributed by atoms with van der Waals surface area (Å²) in [6.45, 7) is -0.506. The zero-order valence-electron chi connectivity index (χ0n) is 14.4. The molecule has 7 nitrogen and oxygen atoms in total. The third-order valence-electron chi connectivity index (χ3n) is 3.86. The van der Waals surface area contributed by atoms with Crippen molar-refractivity contribution in [3.05, 3.63) is 64.9 Å². The Balaban J connectivity index is 1.71. The van der Waals surface area contributed by atoms with E-state index in [0.29, 0.717) is 33.0 Å². The van der Waals surface area contributed by atoms with E-state index in [2.05, 4.69) is 10.3 Å². The van der Waals surface area contributed by atoms with Crippen molar-refractivity contribution in [3.63, 3.8) is 0 Å². The number of carbonyl (C=O) groups is 2. The van der Waals surface area contributed by atoms with Gasteiger partial charge in [0, 0.05) is 5.69 Å². The Morgan fingerprint density at radius 2 is 2.00 bits per heavy atom. The number of carboxylic acids is 1. The van der Waals surface area contributed by atoms with Crippen LogP contribution in [0.3, 0.4) is 0 Å². The Hall–Kier alpha value is -3.65. The number of ether oxygens (including phenoxy) is 1. The predicted molar refractivity (Wildman–Crippen MR) is 105 cm³/mol. The molecule has 1 amide bonds. The minimum atomic E-state index is -1.10. The summed E-state index contributed by atoms with van der Waals surface area (Å²) >= 11 is 1.34. The lowest BCUT2D eigenvalue weighted by molar-refractivity contribution is -0.139. The van der Waals surface area contributed by atoms with E-state index in [-0.39, 0.29) is 11.8 Å². The van der Waals surface area contributed by atoms with E-state index in [4.69, 9.17) is 14.3 Å². The van der Waals surface area contributed by atoms with Crippen LogP contribution in [0.2, 0.25) is 0 Å². The molecule has 140 valence electrons. The van der Waals surface area contributed by atoms with Crippen molar-refractivity contribution >= 4 is 40.0 Å². The highest BCUT2D eigenvalue weighted by atomic mass is 32.1. The van der Waals surface area contributed by atoms with Gasteiger partial charge in [0.1, 0.15) is 11.3 Å². The summed E-state index contributed by atoms with van der Waals surface area (Å²) in [5.74, 6) is -0.770. The number of aromatic nitrogens is 1. The van der Waals surface area contributed by atoms with Gasteiger partial charge in [0.25, 0.3) is 5.91 Å². The van der Waals surface area contributed by atoms with Gasteiger partial charge < -0.3 is 19.6 Å². The Morgan fingerprint density at radius 3 is 2.75 bits per heavy atom. The van der Waals surface area contributed by atoms with Gasteiger partial charge >= 0.3 is 5.97 Å². The first-order valence-electron chi connectivity index (χ1n) is 8.29. The fourth-order valence-electron chi connectivity index (χ4n) is 2.63.